The van der Waals surface area contributed by atoms with Gasteiger partial charge in [-0.05, 0) is 63.6 Å². The first-order valence-electron chi connectivity index (χ1n) is 9.96. The number of rotatable bonds is 3. The predicted octanol–water partition coefficient (Wildman–Crippen LogP) is 4.52. The fourth-order valence-electron chi connectivity index (χ4n) is 3.59. The highest BCUT2D eigenvalue weighted by molar-refractivity contribution is 7.90. The summed E-state index contributed by atoms with van der Waals surface area (Å²) in [6.45, 7) is 8.68. The lowest BCUT2D eigenvalue weighted by Gasteiger charge is -2.40. The van der Waals surface area contributed by atoms with Gasteiger partial charge in [0, 0.05) is 30.6 Å². The smallest absolute Gasteiger partial charge is 0.410 e. The molecular formula is C23H26N2O4S. The third kappa shape index (κ3) is 3.81. The van der Waals surface area contributed by atoms with Crippen molar-refractivity contribution in [2.75, 3.05) is 13.1 Å². The maximum Gasteiger partial charge on any atom is 0.410 e. The third-order valence-corrected chi connectivity index (χ3v) is 6.97. The number of ether oxygens (including phenoxy) is 1. The number of carbonyl (C=O) groups is 1. The second-order valence-electron chi connectivity index (χ2n) is 8.83. The van der Waals surface area contributed by atoms with E-state index in [1.54, 1.807) is 35.4 Å². The van der Waals surface area contributed by atoms with Crippen LogP contribution in [0.4, 0.5) is 4.79 Å². The zero-order valence-electron chi connectivity index (χ0n) is 17.6. The monoisotopic (exact) mass is 426 g/mol. The van der Waals surface area contributed by atoms with E-state index in [2.05, 4.69) is 0 Å². The van der Waals surface area contributed by atoms with Gasteiger partial charge in [0.2, 0.25) is 0 Å². The molecule has 2 aromatic carbocycles. The van der Waals surface area contributed by atoms with E-state index >= 15 is 0 Å². The van der Waals surface area contributed by atoms with E-state index in [1.165, 1.54) is 3.97 Å². The molecule has 6 nitrogen and oxygen atoms in total. The molecule has 0 saturated carbocycles. The van der Waals surface area contributed by atoms with E-state index in [-0.39, 0.29) is 16.9 Å². The van der Waals surface area contributed by atoms with Gasteiger partial charge in [0.25, 0.3) is 10.0 Å². The number of likely N-dealkylation sites (tertiary alicyclic amines) is 1. The summed E-state index contributed by atoms with van der Waals surface area (Å²) in [6, 6.07) is 14.5. The van der Waals surface area contributed by atoms with Crippen LogP contribution in [0.2, 0.25) is 0 Å². The first-order chi connectivity index (χ1) is 14.0. The lowest BCUT2D eigenvalue weighted by molar-refractivity contribution is 0.00820. The van der Waals surface area contributed by atoms with Crippen LogP contribution in [0.15, 0.2) is 59.6 Å². The van der Waals surface area contributed by atoms with E-state index in [4.69, 9.17) is 4.74 Å². The Morgan fingerprint density at radius 3 is 2.33 bits per heavy atom. The number of aromatic nitrogens is 1. The summed E-state index contributed by atoms with van der Waals surface area (Å²) in [5, 5.41) is 0.860. The van der Waals surface area contributed by atoms with E-state index < -0.39 is 15.6 Å². The molecule has 1 saturated heterocycles. The van der Waals surface area contributed by atoms with Crippen LogP contribution in [0.1, 0.15) is 37.8 Å². The largest absolute Gasteiger partial charge is 0.444 e. The van der Waals surface area contributed by atoms with Gasteiger partial charge >= 0.3 is 6.09 Å². The molecule has 0 N–H and O–H groups in total. The van der Waals surface area contributed by atoms with Crippen molar-refractivity contribution in [2.45, 2.75) is 44.1 Å². The van der Waals surface area contributed by atoms with Gasteiger partial charge in [-0.1, -0.05) is 23.8 Å². The summed E-state index contributed by atoms with van der Waals surface area (Å²) in [5.41, 5.74) is 2.24. The minimum absolute atomic E-state index is 0.221. The summed E-state index contributed by atoms with van der Waals surface area (Å²) in [5.74, 6) is 0.221. The molecule has 158 valence electrons. The van der Waals surface area contributed by atoms with Crippen molar-refractivity contribution in [1.29, 1.82) is 0 Å². The van der Waals surface area contributed by atoms with Crippen molar-refractivity contribution in [3.05, 3.63) is 65.9 Å². The average molecular weight is 427 g/mol. The summed E-state index contributed by atoms with van der Waals surface area (Å²) < 4.78 is 32.8. The molecule has 1 aliphatic rings. The number of hydrogen-bond donors (Lipinski definition) is 0. The maximum atomic E-state index is 13.0. The van der Waals surface area contributed by atoms with Crippen LogP contribution in [0.25, 0.3) is 10.9 Å². The highest BCUT2D eigenvalue weighted by Gasteiger charge is 2.34. The van der Waals surface area contributed by atoms with E-state index in [1.807, 2.05) is 52.0 Å². The molecule has 2 heterocycles. The second-order valence-corrected chi connectivity index (χ2v) is 10.6. The number of aryl methyl sites for hydroxylation is 1. The quantitative estimate of drug-likeness (QED) is 0.617. The van der Waals surface area contributed by atoms with Crippen LogP contribution in [0, 0.1) is 6.92 Å². The molecule has 0 atom stereocenters. The number of amides is 1. The Morgan fingerprint density at radius 1 is 1.03 bits per heavy atom. The Balaban J connectivity index is 1.54. The van der Waals surface area contributed by atoms with Gasteiger partial charge in [0.15, 0.2) is 0 Å². The fourth-order valence-corrected chi connectivity index (χ4v) is 4.94. The Morgan fingerprint density at radius 2 is 1.70 bits per heavy atom. The van der Waals surface area contributed by atoms with Gasteiger partial charge in [-0.3, -0.25) is 0 Å². The summed E-state index contributed by atoms with van der Waals surface area (Å²) in [6.07, 6.45) is 1.30. The van der Waals surface area contributed by atoms with Crippen molar-refractivity contribution in [3.63, 3.8) is 0 Å². The van der Waals surface area contributed by atoms with Gasteiger partial charge < -0.3 is 9.64 Å². The van der Waals surface area contributed by atoms with Crippen molar-refractivity contribution < 1.29 is 17.9 Å². The van der Waals surface area contributed by atoms with Crippen LogP contribution in [0.3, 0.4) is 0 Å². The number of carbonyl (C=O) groups excluding carboxylic acids is 1. The van der Waals surface area contributed by atoms with E-state index in [9.17, 15) is 13.2 Å². The lowest BCUT2D eigenvalue weighted by Crippen LogP contribution is -2.50. The van der Waals surface area contributed by atoms with Gasteiger partial charge in [0.1, 0.15) is 5.60 Å². The molecule has 1 aromatic heterocycles. The van der Waals surface area contributed by atoms with Gasteiger partial charge in [0.05, 0.1) is 10.4 Å². The Bertz CT molecular complexity index is 1200. The summed E-state index contributed by atoms with van der Waals surface area (Å²) >= 11 is 0. The lowest BCUT2D eigenvalue weighted by atomic mass is 9.91. The first kappa shape index (κ1) is 20.5. The number of hydrogen-bond acceptors (Lipinski definition) is 4. The van der Waals surface area contributed by atoms with Crippen molar-refractivity contribution in [3.8, 4) is 0 Å². The SMILES string of the molecule is Cc1ccc(S(=O)(=O)n2ccc3cc(C4CN(C(=O)OC(C)(C)C)C4)ccc32)cc1. The highest BCUT2D eigenvalue weighted by Crippen LogP contribution is 2.31. The zero-order chi connectivity index (χ0) is 21.7. The zero-order valence-corrected chi connectivity index (χ0v) is 18.4. The van der Waals surface area contributed by atoms with Gasteiger partial charge in [-0.25, -0.2) is 17.2 Å². The summed E-state index contributed by atoms with van der Waals surface area (Å²) in [4.78, 5) is 14.1. The summed E-state index contributed by atoms with van der Waals surface area (Å²) in [7, 11) is -3.65. The van der Waals surface area contributed by atoms with Crippen LogP contribution in [-0.2, 0) is 14.8 Å². The predicted molar refractivity (Wildman–Crippen MR) is 116 cm³/mol. The number of benzene rings is 2. The van der Waals surface area contributed by atoms with Crippen LogP contribution in [0.5, 0.6) is 0 Å². The van der Waals surface area contributed by atoms with Crippen molar-refractivity contribution in [1.82, 2.24) is 8.87 Å². The molecular weight excluding hydrogens is 400 g/mol. The number of fused-ring (bicyclic) bond motifs is 1. The topological polar surface area (TPSA) is 68.6 Å². The number of nitrogens with zero attached hydrogens (tertiary/aromatic N) is 2. The van der Waals surface area contributed by atoms with Crippen LogP contribution >= 0.6 is 0 Å². The van der Waals surface area contributed by atoms with Crippen LogP contribution in [-0.4, -0.2) is 42.1 Å². The third-order valence-electron chi connectivity index (χ3n) is 5.26. The Kier molecular flexibility index (Phi) is 4.89. The van der Waals surface area contributed by atoms with Crippen LogP contribution < -0.4 is 0 Å². The van der Waals surface area contributed by atoms with Gasteiger partial charge in [-0.15, -0.1) is 0 Å². The molecule has 0 unspecified atom stereocenters. The second kappa shape index (κ2) is 7.16. The maximum absolute atomic E-state index is 13.0. The molecule has 0 bridgehead atoms. The average Bonchev–Trinajstić information content (AvgIpc) is 3.03. The minimum atomic E-state index is -3.65. The normalized spacial score (nSPS) is 15.3. The molecule has 0 radical (unpaired) electrons. The Labute approximate surface area is 177 Å². The molecule has 1 amide bonds. The molecule has 3 aromatic rings. The first-order valence-corrected chi connectivity index (χ1v) is 11.4. The van der Waals surface area contributed by atoms with Crippen molar-refractivity contribution in [2.24, 2.45) is 0 Å². The standard InChI is InChI=1S/C23H26N2O4S/c1-16-5-8-20(9-6-16)30(27,28)25-12-11-18-13-17(7-10-21(18)25)19-14-24(15-19)22(26)29-23(2,3)4/h5-13,19H,14-15H2,1-4H3. The van der Waals surface area contributed by atoms with Gasteiger partial charge in [-0.2, -0.15) is 0 Å². The Hall–Kier alpha value is -2.80. The molecule has 0 aliphatic carbocycles. The fraction of sp³-hybridized carbons (Fsp3) is 0.348. The molecule has 1 aliphatic heterocycles. The molecule has 4 rings (SSSR count). The highest BCUT2D eigenvalue weighted by atomic mass is 32.2. The minimum Gasteiger partial charge on any atom is -0.444 e. The molecule has 30 heavy (non-hydrogen) atoms. The van der Waals surface area contributed by atoms with E-state index in [0.29, 0.717) is 18.6 Å². The molecule has 7 heteroatoms. The molecule has 0 spiro atoms. The molecule has 1 fully saturated rings. The van der Waals surface area contributed by atoms with Crippen molar-refractivity contribution >= 4 is 27.0 Å². The van der Waals surface area contributed by atoms with E-state index in [0.717, 1.165) is 16.5 Å².